The van der Waals surface area contributed by atoms with Crippen molar-refractivity contribution in [2.75, 3.05) is 11.9 Å². The van der Waals surface area contributed by atoms with Gasteiger partial charge in [0.2, 0.25) is 0 Å². The van der Waals surface area contributed by atoms with Crippen LogP contribution < -0.4 is 10.1 Å². The normalized spacial score (nSPS) is 11.0. The highest BCUT2D eigenvalue weighted by Gasteiger charge is 2.28. The van der Waals surface area contributed by atoms with Crippen molar-refractivity contribution in [2.45, 2.75) is 32.5 Å². The number of nitrogens with one attached hydrogen (secondary N) is 1. The Morgan fingerprint density at radius 2 is 1.82 bits per heavy atom. The molecule has 1 aromatic carbocycles. The molecule has 2 aromatic rings. The number of ether oxygens (including phenoxy) is 2. The predicted octanol–water partition coefficient (Wildman–Crippen LogP) is 4.12. The van der Waals surface area contributed by atoms with Crippen molar-refractivity contribution in [3.8, 4) is 5.75 Å². The number of alkyl halides is 3. The van der Waals surface area contributed by atoms with Crippen molar-refractivity contribution in [1.29, 1.82) is 0 Å². The summed E-state index contributed by atoms with van der Waals surface area (Å²) in [6.07, 6.45) is -2.04. The number of hydrogen-bond donors (Lipinski definition) is 1. The molecule has 0 fully saturated rings. The van der Waals surface area contributed by atoms with Crippen molar-refractivity contribution in [3.63, 3.8) is 0 Å². The van der Waals surface area contributed by atoms with Gasteiger partial charge in [-0.2, -0.15) is 13.2 Å². The molecule has 2 rings (SSSR count). The van der Waals surface area contributed by atoms with E-state index in [0.717, 1.165) is 0 Å². The summed E-state index contributed by atoms with van der Waals surface area (Å²) in [4.78, 5) is 27.6. The average Bonchev–Trinajstić information content (AvgIpc) is 2.66. The van der Waals surface area contributed by atoms with E-state index in [1.54, 1.807) is 6.07 Å². The maximum atomic E-state index is 12.2. The van der Waals surface area contributed by atoms with Gasteiger partial charge in [0.1, 0.15) is 12.4 Å². The summed E-state index contributed by atoms with van der Waals surface area (Å²) in [5.41, 5.74) is 1.18. The molecular weight excluding hydrogens is 377 g/mol. The van der Waals surface area contributed by atoms with Crippen LogP contribution in [0.15, 0.2) is 42.6 Å². The molecule has 150 valence electrons. The van der Waals surface area contributed by atoms with E-state index in [0.29, 0.717) is 24.2 Å². The lowest BCUT2D eigenvalue weighted by molar-refractivity contribution is -0.153. The number of carbonyl (C=O) groups excluding carboxylic acids is 2. The summed E-state index contributed by atoms with van der Waals surface area (Å²) in [5.74, 6) is -0.710. The van der Waals surface area contributed by atoms with Crippen LogP contribution in [0.2, 0.25) is 0 Å². The summed E-state index contributed by atoms with van der Waals surface area (Å²) in [7, 11) is 0. The first kappa shape index (κ1) is 21.2. The molecule has 1 aromatic heterocycles. The number of rotatable bonds is 8. The standard InChI is InChI=1S/C19H19F3N2O4/c1-2-3-17(25)27-11-15-5-4-13(10-23-15)18(26)24-14-6-8-16(9-7-14)28-12-19(20,21)22/h4-10H,2-3,11-12H2,1H3,(H,24,26). The smallest absolute Gasteiger partial charge is 0.422 e. The number of hydrogen-bond acceptors (Lipinski definition) is 5. The van der Waals surface area contributed by atoms with E-state index in [2.05, 4.69) is 15.0 Å². The van der Waals surface area contributed by atoms with Crippen LogP contribution in [0.1, 0.15) is 35.8 Å². The van der Waals surface area contributed by atoms with Crippen LogP contribution in [-0.4, -0.2) is 29.6 Å². The van der Waals surface area contributed by atoms with E-state index in [-0.39, 0.29) is 23.9 Å². The van der Waals surface area contributed by atoms with Crippen LogP contribution in [0.25, 0.3) is 0 Å². The number of halogens is 3. The fourth-order valence-corrected chi connectivity index (χ4v) is 2.08. The quantitative estimate of drug-likeness (QED) is 0.680. The van der Waals surface area contributed by atoms with E-state index in [1.165, 1.54) is 36.5 Å². The maximum Gasteiger partial charge on any atom is 0.422 e. The highest BCUT2D eigenvalue weighted by molar-refractivity contribution is 6.04. The Morgan fingerprint density at radius 3 is 2.39 bits per heavy atom. The Hall–Kier alpha value is -3.10. The van der Waals surface area contributed by atoms with Gasteiger partial charge in [-0.3, -0.25) is 14.6 Å². The van der Waals surface area contributed by atoms with Gasteiger partial charge >= 0.3 is 12.1 Å². The second-order valence-corrected chi connectivity index (χ2v) is 5.83. The van der Waals surface area contributed by atoms with Gasteiger partial charge in [-0.05, 0) is 42.8 Å². The summed E-state index contributed by atoms with van der Waals surface area (Å²) in [5, 5.41) is 2.60. The SMILES string of the molecule is CCCC(=O)OCc1ccc(C(=O)Nc2ccc(OCC(F)(F)F)cc2)cn1. The third-order valence-corrected chi connectivity index (χ3v) is 3.44. The molecule has 0 saturated carbocycles. The van der Waals surface area contributed by atoms with E-state index in [9.17, 15) is 22.8 Å². The summed E-state index contributed by atoms with van der Waals surface area (Å²) >= 11 is 0. The highest BCUT2D eigenvalue weighted by Crippen LogP contribution is 2.20. The van der Waals surface area contributed by atoms with Gasteiger partial charge in [0, 0.05) is 18.3 Å². The molecule has 0 aliphatic carbocycles. The maximum absolute atomic E-state index is 12.2. The Kier molecular flexibility index (Phi) is 7.36. The van der Waals surface area contributed by atoms with E-state index in [1.807, 2.05) is 6.92 Å². The lowest BCUT2D eigenvalue weighted by Crippen LogP contribution is -2.19. The van der Waals surface area contributed by atoms with E-state index < -0.39 is 18.7 Å². The number of pyridine rings is 1. The number of anilines is 1. The number of aromatic nitrogens is 1. The molecule has 0 atom stereocenters. The van der Waals surface area contributed by atoms with Gasteiger partial charge < -0.3 is 14.8 Å². The first-order valence-corrected chi connectivity index (χ1v) is 8.48. The molecule has 0 unspecified atom stereocenters. The minimum atomic E-state index is -4.42. The molecular formula is C19H19F3N2O4. The molecule has 1 N–H and O–H groups in total. The topological polar surface area (TPSA) is 77.5 Å². The van der Waals surface area contributed by atoms with Gasteiger partial charge in [0.05, 0.1) is 11.3 Å². The van der Waals surface area contributed by atoms with E-state index >= 15 is 0 Å². The summed E-state index contributed by atoms with van der Waals surface area (Å²) < 4.78 is 46.0. The number of nitrogens with zero attached hydrogens (tertiary/aromatic N) is 1. The molecule has 0 aliphatic rings. The predicted molar refractivity (Wildman–Crippen MR) is 94.9 cm³/mol. The van der Waals surface area contributed by atoms with Crippen LogP contribution in [0, 0.1) is 0 Å². The Labute approximate surface area is 159 Å². The Balaban J connectivity index is 1.87. The molecule has 9 heteroatoms. The molecule has 0 aliphatic heterocycles. The molecule has 28 heavy (non-hydrogen) atoms. The van der Waals surface area contributed by atoms with E-state index in [4.69, 9.17) is 4.74 Å². The van der Waals surface area contributed by atoms with Crippen LogP contribution in [-0.2, 0) is 16.1 Å². The highest BCUT2D eigenvalue weighted by atomic mass is 19.4. The van der Waals surface area contributed by atoms with Crippen LogP contribution in [0.4, 0.5) is 18.9 Å². The summed E-state index contributed by atoms with van der Waals surface area (Å²) in [6, 6.07) is 8.62. The second-order valence-electron chi connectivity index (χ2n) is 5.83. The van der Waals surface area contributed by atoms with Crippen LogP contribution in [0.5, 0.6) is 5.75 Å². The Morgan fingerprint density at radius 1 is 1.11 bits per heavy atom. The lowest BCUT2D eigenvalue weighted by Gasteiger charge is -2.10. The molecule has 0 bridgehead atoms. The zero-order valence-corrected chi connectivity index (χ0v) is 15.1. The van der Waals surface area contributed by atoms with Crippen molar-refractivity contribution in [3.05, 3.63) is 53.9 Å². The molecule has 0 saturated heterocycles. The zero-order chi connectivity index (χ0) is 20.6. The van der Waals surface area contributed by atoms with Gasteiger partial charge in [-0.1, -0.05) is 6.92 Å². The van der Waals surface area contributed by atoms with Gasteiger partial charge in [0.25, 0.3) is 5.91 Å². The number of carbonyl (C=O) groups is 2. The third kappa shape index (κ3) is 7.26. The molecule has 0 spiro atoms. The third-order valence-electron chi connectivity index (χ3n) is 3.44. The minimum Gasteiger partial charge on any atom is -0.484 e. The van der Waals surface area contributed by atoms with Gasteiger partial charge in [-0.25, -0.2) is 0 Å². The van der Waals surface area contributed by atoms with Crippen molar-refractivity contribution in [1.82, 2.24) is 4.98 Å². The first-order chi connectivity index (χ1) is 13.3. The summed E-state index contributed by atoms with van der Waals surface area (Å²) in [6.45, 7) is 0.515. The van der Waals surface area contributed by atoms with Crippen LogP contribution >= 0.6 is 0 Å². The molecule has 1 amide bonds. The number of esters is 1. The van der Waals surface area contributed by atoms with Crippen molar-refractivity contribution >= 4 is 17.6 Å². The van der Waals surface area contributed by atoms with Gasteiger partial charge in [0.15, 0.2) is 6.61 Å². The monoisotopic (exact) mass is 396 g/mol. The van der Waals surface area contributed by atoms with Crippen LogP contribution in [0.3, 0.4) is 0 Å². The fraction of sp³-hybridized carbons (Fsp3) is 0.316. The first-order valence-electron chi connectivity index (χ1n) is 8.48. The Bertz CT molecular complexity index is 790. The average molecular weight is 396 g/mol. The molecule has 6 nitrogen and oxygen atoms in total. The number of benzene rings is 1. The van der Waals surface area contributed by atoms with Gasteiger partial charge in [-0.15, -0.1) is 0 Å². The van der Waals surface area contributed by atoms with Crippen molar-refractivity contribution < 1.29 is 32.2 Å². The number of amides is 1. The fourth-order valence-electron chi connectivity index (χ4n) is 2.08. The largest absolute Gasteiger partial charge is 0.484 e. The van der Waals surface area contributed by atoms with Crippen molar-refractivity contribution in [2.24, 2.45) is 0 Å². The zero-order valence-electron chi connectivity index (χ0n) is 15.1. The molecule has 0 radical (unpaired) electrons. The second kappa shape index (κ2) is 9.72. The molecule has 1 heterocycles. The minimum absolute atomic E-state index is 0.0279. The lowest BCUT2D eigenvalue weighted by atomic mass is 10.2.